The second-order valence-electron chi connectivity index (χ2n) is 5.22. The molecule has 0 unspecified atom stereocenters. The van der Waals surface area contributed by atoms with Crippen molar-refractivity contribution in [1.29, 1.82) is 0 Å². The molecule has 0 aromatic carbocycles. The molecule has 2 aromatic rings. The van der Waals surface area contributed by atoms with Crippen molar-refractivity contribution in [2.24, 2.45) is 7.05 Å². The molecule has 2 rings (SSSR count). The van der Waals surface area contributed by atoms with Gasteiger partial charge in [-0.05, 0) is 20.3 Å². The van der Waals surface area contributed by atoms with Crippen molar-refractivity contribution in [3.63, 3.8) is 0 Å². The van der Waals surface area contributed by atoms with Crippen molar-refractivity contribution in [3.8, 4) is 0 Å². The van der Waals surface area contributed by atoms with E-state index in [0.717, 1.165) is 11.8 Å². The molecule has 0 radical (unpaired) electrons. The standard InChI is InChI=1S/C13H18N4O2/c1-5-13(2,3)16-10-8-7-15-17(4)11(8)14-6-9(10)12(18)19/h6-7H,5H2,1-4H3,(H,14,16)(H,18,19). The molecule has 19 heavy (non-hydrogen) atoms. The topological polar surface area (TPSA) is 80.0 Å². The highest BCUT2D eigenvalue weighted by molar-refractivity contribution is 6.03. The largest absolute Gasteiger partial charge is 0.478 e. The quantitative estimate of drug-likeness (QED) is 0.883. The van der Waals surface area contributed by atoms with Gasteiger partial charge in [-0.3, -0.25) is 4.68 Å². The molecule has 0 aliphatic rings. The molecular formula is C13H18N4O2. The number of fused-ring (bicyclic) bond motifs is 1. The van der Waals surface area contributed by atoms with Crippen LogP contribution in [0, 0.1) is 0 Å². The summed E-state index contributed by atoms with van der Waals surface area (Å²) in [7, 11) is 1.78. The van der Waals surface area contributed by atoms with Crippen LogP contribution in [0.3, 0.4) is 0 Å². The van der Waals surface area contributed by atoms with E-state index in [2.05, 4.69) is 22.3 Å². The zero-order valence-electron chi connectivity index (χ0n) is 11.6. The van der Waals surface area contributed by atoms with Crippen molar-refractivity contribution >= 4 is 22.7 Å². The van der Waals surface area contributed by atoms with Crippen LogP contribution in [0.2, 0.25) is 0 Å². The molecule has 2 heterocycles. The molecule has 0 amide bonds. The Labute approximate surface area is 111 Å². The third-order valence-electron chi connectivity index (χ3n) is 3.34. The molecule has 2 aromatic heterocycles. The van der Waals surface area contributed by atoms with Gasteiger partial charge >= 0.3 is 5.97 Å². The number of nitrogens with one attached hydrogen (secondary N) is 1. The molecule has 0 aliphatic carbocycles. The first-order valence-electron chi connectivity index (χ1n) is 6.18. The molecule has 2 N–H and O–H groups in total. The lowest BCUT2D eigenvalue weighted by Crippen LogP contribution is -2.30. The monoisotopic (exact) mass is 262 g/mol. The number of carboxylic acid groups (broad SMARTS) is 1. The van der Waals surface area contributed by atoms with Gasteiger partial charge in [-0.1, -0.05) is 6.92 Å². The van der Waals surface area contributed by atoms with Gasteiger partial charge in [-0.2, -0.15) is 5.10 Å². The molecule has 0 bridgehead atoms. The van der Waals surface area contributed by atoms with Gasteiger partial charge in [0, 0.05) is 18.8 Å². The van der Waals surface area contributed by atoms with Crippen LogP contribution in [0.1, 0.15) is 37.6 Å². The Kier molecular flexibility index (Phi) is 3.18. The zero-order chi connectivity index (χ0) is 14.2. The molecule has 0 saturated carbocycles. The van der Waals surface area contributed by atoms with Crippen molar-refractivity contribution in [3.05, 3.63) is 18.0 Å². The number of anilines is 1. The Hall–Kier alpha value is -2.11. The Morgan fingerprint density at radius 3 is 2.74 bits per heavy atom. The predicted molar refractivity (Wildman–Crippen MR) is 73.5 cm³/mol. The minimum absolute atomic E-state index is 0.169. The summed E-state index contributed by atoms with van der Waals surface area (Å²) in [4.78, 5) is 15.5. The molecule has 0 fully saturated rings. The third kappa shape index (κ3) is 2.38. The van der Waals surface area contributed by atoms with E-state index in [9.17, 15) is 9.90 Å². The first-order chi connectivity index (χ1) is 8.85. The Morgan fingerprint density at radius 2 is 2.16 bits per heavy atom. The smallest absolute Gasteiger partial charge is 0.339 e. The maximum absolute atomic E-state index is 11.3. The molecule has 0 atom stereocenters. The van der Waals surface area contributed by atoms with Crippen LogP contribution >= 0.6 is 0 Å². The number of rotatable bonds is 4. The summed E-state index contributed by atoms with van der Waals surface area (Å²) >= 11 is 0. The third-order valence-corrected chi connectivity index (χ3v) is 3.34. The fourth-order valence-corrected chi connectivity index (χ4v) is 1.82. The van der Waals surface area contributed by atoms with Crippen LogP contribution in [-0.2, 0) is 7.05 Å². The number of aromatic nitrogens is 3. The van der Waals surface area contributed by atoms with E-state index >= 15 is 0 Å². The minimum atomic E-state index is -0.993. The Morgan fingerprint density at radius 1 is 1.47 bits per heavy atom. The van der Waals surface area contributed by atoms with E-state index in [0.29, 0.717) is 11.3 Å². The molecule has 102 valence electrons. The van der Waals surface area contributed by atoms with Crippen LogP contribution in [0.4, 0.5) is 5.69 Å². The second kappa shape index (κ2) is 4.53. The van der Waals surface area contributed by atoms with Crippen LogP contribution < -0.4 is 5.32 Å². The molecule has 0 spiro atoms. The molecular weight excluding hydrogens is 244 g/mol. The fraction of sp³-hybridized carbons (Fsp3) is 0.462. The molecule has 6 heteroatoms. The van der Waals surface area contributed by atoms with Crippen molar-refractivity contribution in [2.45, 2.75) is 32.7 Å². The second-order valence-corrected chi connectivity index (χ2v) is 5.22. The van der Waals surface area contributed by atoms with Crippen molar-refractivity contribution in [2.75, 3.05) is 5.32 Å². The normalized spacial score (nSPS) is 11.8. The van der Waals surface area contributed by atoms with Gasteiger partial charge in [0.25, 0.3) is 0 Å². The van der Waals surface area contributed by atoms with E-state index in [1.165, 1.54) is 6.20 Å². The molecule has 6 nitrogen and oxygen atoms in total. The van der Waals surface area contributed by atoms with Gasteiger partial charge in [0.2, 0.25) is 0 Å². The van der Waals surface area contributed by atoms with E-state index in [-0.39, 0.29) is 11.1 Å². The first-order valence-corrected chi connectivity index (χ1v) is 6.18. The lowest BCUT2D eigenvalue weighted by Gasteiger charge is -2.27. The fourth-order valence-electron chi connectivity index (χ4n) is 1.82. The SMILES string of the molecule is CCC(C)(C)Nc1c(C(=O)O)cnc2c1cnn2C. The Balaban J connectivity index is 2.66. The predicted octanol–water partition coefficient (Wildman–Crippen LogP) is 2.27. The number of nitrogens with zero attached hydrogens (tertiary/aromatic N) is 3. The van der Waals surface area contributed by atoms with E-state index in [1.807, 2.05) is 13.8 Å². The zero-order valence-corrected chi connectivity index (χ0v) is 11.6. The average molecular weight is 262 g/mol. The summed E-state index contributed by atoms with van der Waals surface area (Å²) in [6.45, 7) is 6.11. The number of aryl methyl sites for hydroxylation is 1. The van der Waals surface area contributed by atoms with Gasteiger partial charge < -0.3 is 10.4 Å². The maximum atomic E-state index is 11.3. The van der Waals surface area contributed by atoms with E-state index in [4.69, 9.17) is 0 Å². The summed E-state index contributed by atoms with van der Waals surface area (Å²) in [5, 5.41) is 17.5. The highest BCUT2D eigenvalue weighted by Gasteiger charge is 2.22. The molecule has 0 saturated heterocycles. The molecule has 0 aliphatic heterocycles. The summed E-state index contributed by atoms with van der Waals surface area (Å²) in [5.74, 6) is -0.993. The summed E-state index contributed by atoms with van der Waals surface area (Å²) < 4.78 is 1.63. The van der Waals surface area contributed by atoms with Gasteiger partial charge in [0.1, 0.15) is 5.56 Å². The highest BCUT2D eigenvalue weighted by atomic mass is 16.4. The average Bonchev–Trinajstić information content (AvgIpc) is 2.71. The van der Waals surface area contributed by atoms with Gasteiger partial charge in [-0.25, -0.2) is 9.78 Å². The van der Waals surface area contributed by atoms with Gasteiger partial charge in [-0.15, -0.1) is 0 Å². The minimum Gasteiger partial charge on any atom is -0.478 e. The lowest BCUT2D eigenvalue weighted by molar-refractivity contribution is 0.0697. The number of hydrogen-bond donors (Lipinski definition) is 2. The highest BCUT2D eigenvalue weighted by Crippen LogP contribution is 2.29. The summed E-state index contributed by atoms with van der Waals surface area (Å²) in [6, 6.07) is 0. The van der Waals surface area contributed by atoms with Crippen LogP contribution in [0.5, 0.6) is 0 Å². The summed E-state index contributed by atoms with van der Waals surface area (Å²) in [5.41, 5.74) is 1.22. The number of aromatic carboxylic acids is 1. The van der Waals surface area contributed by atoms with Gasteiger partial charge in [0.15, 0.2) is 5.65 Å². The van der Waals surface area contributed by atoms with Crippen LogP contribution in [0.25, 0.3) is 11.0 Å². The number of carboxylic acids is 1. The van der Waals surface area contributed by atoms with E-state index < -0.39 is 5.97 Å². The first kappa shape index (κ1) is 13.3. The lowest BCUT2D eigenvalue weighted by atomic mass is 10.0. The number of hydrogen-bond acceptors (Lipinski definition) is 4. The number of carbonyl (C=O) groups is 1. The van der Waals surface area contributed by atoms with Crippen LogP contribution in [-0.4, -0.2) is 31.4 Å². The van der Waals surface area contributed by atoms with Gasteiger partial charge in [0.05, 0.1) is 17.3 Å². The maximum Gasteiger partial charge on any atom is 0.339 e. The Bertz CT molecular complexity index is 631. The van der Waals surface area contributed by atoms with Crippen LogP contribution in [0.15, 0.2) is 12.4 Å². The van der Waals surface area contributed by atoms with Crippen molar-refractivity contribution in [1.82, 2.24) is 14.8 Å². The van der Waals surface area contributed by atoms with E-state index in [1.54, 1.807) is 17.9 Å². The number of pyridine rings is 1. The summed E-state index contributed by atoms with van der Waals surface area (Å²) in [6.07, 6.45) is 3.89. The van der Waals surface area contributed by atoms with Crippen molar-refractivity contribution < 1.29 is 9.90 Å².